The molecule has 0 bridgehead atoms. The second-order valence-electron chi connectivity index (χ2n) is 6.41. The summed E-state index contributed by atoms with van der Waals surface area (Å²) in [5.41, 5.74) is 0.911. The monoisotopic (exact) mass is 405 g/mol. The summed E-state index contributed by atoms with van der Waals surface area (Å²) in [6, 6.07) is 9.72. The van der Waals surface area contributed by atoms with E-state index in [-0.39, 0.29) is 16.8 Å². The van der Waals surface area contributed by atoms with E-state index in [1.165, 1.54) is 16.2 Å². The van der Waals surface area contributed by atoms with E-state index in [1.807, 2.05) is 13.0 Å². The molecular weight excluding hydrogens is 390 g/mol. The first kappa shape index (κ1) is 17.6. The van der Waals surface area contributed by atoms with E-state index in [0.29, 0.717) is 34.2 Å². The number of thiazole rings is 1. The van der Waals surface area contributed by atoms with Crippen molar-refractivity contribution in [2.24, 2.45) is 0 Å². The molecule has 4 heterocycles. The first-order valence-corrected chi connectivity index (χ1v) is 9.94. The Kier molecular flexibility index (Phi) is 4.13. The van der Waals surface area contributed by atoms with Crippen LogP contribution in [0, 0.1) is 0 Å². The first-order valence-electron chi connectivity index (χ1n) is 9.06. The van der Waals surface area contributed by atoms with Crippen LogP contribution in [0.5, 0.6) is 5.75 Å². The van der Waals surface area contributed by atoms with Gasteiger partial charge >= 0.3 is 0 Å². The van der Waals surface area contributed by atoms with Crippen LogP contribution in [0.15, 0.2) is 63.4 Å². The van der Waals surface area contributed by atoms with Gasteiger partial charge in [-0.05, 0) is 31.2 Å². The van der Waals surface area contributed by atoms with Gasteiger partial charge in [0.05, 0.1) is 23.3 Å². The van der Waals surface area contributed by atoms with E-state index in [1.54, 1.807) is 48.1 Å². The molecule has 8 heteroatoms. The zero-order valence-electron chi connectivity index (χ0n) is 15.4. The zero-order valence-corrected chi connectivity index (χ0v) is 16.2. The van der Waals surface area contributed by atoms with Crippen molar-refractivity contribution in [3.05, 3.63) is 81.4 Å². The van der Waals surface area contributed by atoms with Crippen molar-refractivity contribution in [1.82, 2.24) is 9.97 Å². The lowest BCUT2D eigenvalue weighted by atomic mass is 10.0. The Balaban J connectivity index is 1.78. The van der Waals surface area contributed by atoms with Crippen LogP contribution in [-0.4, -0.2) is 22.5 Å². The normalized spacial score (nSPS) is 15.7. The van der Waals surface area contributed by atoms with Crippen LogP contribution in [0.3, 0.4) is 0 Å². The summed E-state index contributed by atoms with van der Waals surface area (Å²) in [6.07, 6.45) is 3.25. The number of hydrogen-bond donors (Lipinski definition) is 0. The van der Waals surface area contributed by atoms with Gasteiger partial charge in [-0.15, -0.1) is 11.3 Å². The maximum absolute atomic E-state index is 13.4. The average Bonchev–Trinajstić information content (AvgIpc) is 3.36. The van der Waals surface area contributed by atoms with Crippen molar-refractivity contribution < 1.29 is 13.9 Å². The highest BCUT2D eigenvalue weighted by atomic mass is 32.1. The predicted octanol–water partition coefficient (Wildman–Crippen LogP) is 3.79. The second kappa shape index (κ2) is 6.82. The van der Waals surface area contributed by atoms with Crippen LogP contribution in [0.4, 0.5) is 5.13 Å². The molecule has 0 N–H and O–H groups in total. The Morgan fingerprint density at radius 2 is 2.07 bits per heavy atom. The SMILES string of the molecule is CCOc1ccc2c(=O)c3c(oc2c1)C(=O)N(c1nccs1)C3c1ccccn1. The van der Waals surface area contributed by atoms with Crippen molar-refractivity contribution in [1.29, 1.82) is 0 Å². The van der Waals surface area contributed by atoms with E-state index in [9.17, 15) is 9.59 Å². The highest BCUT2D eigenvalue weighted by Gasteiger charge is 2.45. The van der Waals surface area contributed by atoms with Crippen LogP contribution in [0.1, 0.15) is 34.8 Å². The number of pyridine rings is 1. The molecule has 0 aliphatic carbocycles. The predicted molar refractivity (Wildman–Crippen MR) is 109 cm³/mol. The standard InChI is InChI=1S/C21H15N3O4S/c1-2-27-12-6-7-13-15(11-12)28-19-16(18(13)25)17(14-5-3-4-8-22-14)24(20(19)26)21-23-9-10-29-21/h3-11,17H,2H2,1H3. The number of carbonyl (C=O) groups excluding carboxylic acids is 1. The number of benzene rings is 1. The fourth-order valence-electron chi connectivity index (χ4n) is 3.56. The Morgan fingerprint density at radius 3 is 2.79 bits per heavy atom. The lowest BCUT2D eigenvalue weighted by molar-refractivity contribution is 0.0970. The number of amides is 1. The zero-order chi connectivity index (χ0) is 20.0. The van der Waals surface area contributed by atoms with Crippen molar-refractivity contribution in [3.8, 4) is 5.75 Å². The molecule has 3 aromatic heterocycles. The molecule has 1 aromatic carbocycles. The van der Waals surface area contributed by atoms with E-state index in [2.05, 4.69) is 9.97 Å². The van der Waals surface area contributed by atoms with Gasteiger partial charge in [0.25, 0.3) is 5.91 Å². The maximum Gasteiger partial charge on any atom is 0.297 e. The number of ether oxygens (including phenoxy) is 1. The van der Waals surface area contributed by atoms with Crippen LogP contribution < -0.4 is 15.1 Å². The minimum Gasteiger partial charge on any atom is -0.494 e. The molecule has 4 aromatic rings. The Bertz CT molecular complexity index is 1270. The van der Waals surface area contributed by atoms with Gasteiger partial charge in [-0.2, -0.15) is 0 Å². The summed E-state index contributed by atoms with van der Waals surface area (Å²) in [6.45, 7) is 2.36. The summed E-state index contributed by atoms with van der Waals surface area (Å²) in [4.78, 5) is 36.8. The molecule has 29 heavy (non-hydrogen) atoms. The minimum absolute atomic E-state index is 0.0157. The molecule has 7 nitrogen and oxygen atoms in total. The van der Waals surface area contributed by atoms with Crippen molar-refractivity contribution in [3.63, 3.8) is 0 Å². The number of nitrogens with zero attached hydrogens (tertiary/aromatic N) is 3. The largest absolute Gasteiger partial charge is 0.494 e. The molecule has 1 unspecified atom stereocenters. The molecule has 1 aliphatic rings. The van der Waals surface area contributed by atoms with Crippen LogP contribution >= 0.6 is 11.3 Å². The average molecular weight is 405 g/mol. The summed E-state index contributed by atoms with van der Waals surface area (Å²) in [7, 11) is 0. The van der Waals surface area contributed by atoms with Gasteiger partial charge < -0.3 is 9.15 Å². The second-order valence-corrected chi connectivity index (χ2v) is 7.28. The number of rotatable bonds is 4. The summed E-state index contributed by atoms with van der Waals surface area (Å²) >= 11 is 1.31. The first-order chi connectivity index (χ1) is 14.2. The van der Waals surface area contributed by atoms with Gasteiger partial charge in [-0.3, -0.25) is 19.5 Å². The van der Waals surface area contributed by atoms with Gasteiger partial charge in [0.15, 0.2) is 10.6 Å². The number of carbonyl (C=O) groups is 1. The Hall–Kier alpha value is -3.52. The fraction of sp³-hybridized carbons (Fsp3) is 0.143. The molecule has 0 fully saturated rings. The smallest absolute Gasteiger partial charge is 0.297 e. The summed E-state index contributed by atoms with van der Waals surface area (Å²) < 4.78 is 11.4. The molecule has 0 spiro atoms. The van der Waals surface area contributed by atoms with E-state index < -0.39 is 11.9 Å². The summed E-state index contributed by atoms with van der Waals surface area (Å²) in [5, 5.41) is 2.65. The molecule has 0 radical (unpaired) electrons. The van der Waals surface area contributed by atoms with E-state index in [4.69, 9.17) is 9.15 Å². The third-order valence-electron chi connectivity index (χ3n) is 4.75. The molecule has 144 valence electrons. The van der Waals surface area contributed by atoms with E-state index >= 15 is 0 Å². The van der Waals surface area contributed by atoms with Gasteiger partial charge in [0.2, 0.25) is 5.76 Å². The van der Waals surface area contributed by atoms with Crippen LogP contribution in [0.25, 0.3) is 11.0 Å². The van der Waals surface area contributed by atoms with E-state index in [0.717, 1.165) is 0 Å². The minimum atomic E-state index is -0.697. The lowest BCUT2D eigenvalue weighted by Crippen LogP contribution is -2.29. The topological polar surface area (TPSA) is 85.5 Å². The molecule has 1 aliphatic heterocycles. The highest BCUT2D eigenvalue weighted by Crippen LogP contribution is 2.41. The molecule has 1 amide bonds. The van der Waals surface area contributed by atoms with Gasteiger partial charge in [0, 0.05) is 23.8 Å². The third kappa shape index (κ3) is 2.72. The van der Waals surface area contributed by atoms with Crippen LogP contribution in [-0.2, 0) is 0 Å². The van der Waals surface area contributed by atoms with Gasteiger partial charge in [-0.1, -0.05) is 6.07 Å². The maximum atomic E-state index is 13.4. The number of aromatic nitrogens is 2. The van der Waals surface area contributed by atoms with Crippen molar-refractivity contribution in [2.75, 3.05) is 11.5 Å². The Morgan fingerprint density at radius 1 is 1.17 bits per heavy atom. The molecular formula is C21H15N3O4S. The highest BCUT2D eigenvalue weighted by molar-refractivity contribution is 7.13. The summed E-state index contributed by atoms with van der Waals surface area (Å²) in [5.74, 6) is 0.181. The number of anilines is 1. The molecule has 0 saturated heterocycles. The molecule has 5 rings (SSSR count). The lowest BCUT2D eigenvalue weighted by Gasteiger charge is -2.21. The molecule has 1 atom stereocenters. The number of hydrogen-bond acceptors (Lipinski definition) is 7. The number of fused-ring (bicyclic) bond motifs is 2. The van der Waals surface area contributed by atoms with Crippen molar-refractivity contribution in [2.45, 2.75) is 13.0 Å². The van der Waals surface area contributed by atoms with Crippen molar-refractivity contribution >= 4 is 33.3 Å². The molecule has 0 saturated carbocycles. The Labute approximate surface area is 169 Å². The van der Waals surface area contributed by atoms with Crippen LogP contribution in [0.2, 0.25) is 0 Å². The van der Waals surface area contributed by atoms with Gasteiger partial charge in [-0.25, -0.2) is 4.98 Å². The van der Waals surface area contributed by atoms with Gasteiger partial charge in [0.1, 0.15) is 17.4 Å². The third-order valence-corrected chi connectivity index (χ3v) is 5.52. The quantitative estimate of drug-likeness (QED) is 0.513. The fourth-order valence-corrected chi connectivity index (χ4v) is 4.22.